The molecular formula is C11H26N2O2S. The van der Waals surface area contributed by atoms with Crippen molar-refractivity contribution in [3.63, 3.8) is 0 Å². The van der Waals surface area contributed by atoms with Gasteiger partial charge in [-0.3, -0.25) is 0 Å². The predicted molar refractivity (Wildman–Crippen MR) is 69.6 cm³/mol. The van der Waals surface area contributed by atoms with Crippen LogP contribution in [0.4, 0.5) is 0 Å². The SMILES string of the molecule is CCNCCCC(C)N(C)CCS(C)(=O)=O. The van der Waals surface area contributed by atoms with Gasteiger partial charge in [-0.2, -0.15) is 0 Å². The van der Waals surface area contributed by atoms with Crippen molar-refractivity contribution in [3.8, 4) is 0 Å². The van der Waals surface area contributed by atoms with Crippen LogP contribution in [-0.2, 0) is 9.84 Å². The minimum atomic E-state index is -2.84. The van der Waals surface area contributed by atoms with E-state index in [1.165, 1.54) is 6.26 Å². The molecule has 0 rings (SSSR count). The van der Waals surface area contributed by atoms with E-state index >= 15 is 0 Å². The zero-order valence-electron chi connectivity index (χ0n) is 11.0. The van der Waals surface area contributed by atoms with Crippen LogP contribution in [0.2, 0.25) is 0 Å². The molecule has 0 bridgehead atoms. The number of hydrogen-bond acceptors (Lipinski definition) is 4. The Morgan fingerprint density at radius 1 is 1.38 bits per heavy atom. The third-order valence-electron chi connectivity index (χ3n) is 2.79. The van der Waals surface area contributed by atoms with E-state index in [9.17, 15) is 8.42 Å². The fourth-order valence-corrected chi connectivity index (χ4v) is 2.07. The minimum Gasteiger partial charge on any atom is -0.317 e. The zero-order valence-corrected chi connectivity index (χ0v) is 11.8. The standard InChI is InChI=1S/C11H26N2O2S/c1-5-12-8-6-7-11(2)13(3)9-10-16(4,14)15/h11-12H,5-10H2,1-4H3. The summed E-state index contributed by atoms with van der Waals surface area (Å²) in [6, 6.07) is 0.445. The molecule has 0 aliphatic rings. The predicted octanol–water partition coefficient (Wildman–Crippen LogP) is 0.741. The van der Waals surface area contributed by atoms with Crippen molar-refractivity contribution in [2.75, 3.05) is 38.7 Å². The first-order valence-electron chi connectivity index (χ1n) is 5.95. The van der Waals surface area contributed by atoms with Crippen molar-refractivity contribution in [1.82, 2.24) is 10.2 Å². The monoisotopic (exact) mass is 250 g/mol. The second-order valence-electron chi connectivity index (χ2n) is 4.46. The molecule has 0 aliphatic heterocycles. The first-order chi connectivity index (χ1) is 7.37. The fraction of sp³-hybridized carbons (Fsp3) is 1.00. The molecule has 0 aliphatic carbocycles. The fourth-order valence-electron chi connectivity index (χ4n) is 1.45. The highest BCUT2D eigenvalue weighted by atomic mass is 32.2. The molecule has 0 saturated carbocycles. The van der Waals surface area contributed by atoms with Crippen LogP contribution in [0.5, 0.6) is 0 Å². The Morgan fingerprint density at radius 3 is 2.50 bits per heavy atom. The molecule has 0 amide bonds. The van der Waals surface area contributed by atoms with Gasteiger partial charge in [0.05, 0.1) is 5.75 Å². The second kappa shape index (κ2) is 8.03. The molecule has 1 N–H and O–H groups in total. The topological polar surface area (TPSA) is 49.4 Å². The lowest BCUT2D eigenvalue weighted by atomic mass is 10.1. The van der Waals surface area contributed by atoms with Crippen molar-refractivity contribution in [3.05, 3.63) is 0 Å². The summed E-state index contributed by atoms with van der Waals surface area (Å²) in [6.45, 7) is 6.93. The number of sulfone groups is 1. The molecular weight excluding hydrogens is 224 g/mol. The van der Waals surface area contributed by atoms with E-state index < -0.39 is 9.84 Å². The lowest BCUT2D eigenvalue weighted by Gasteiger charge is -2.24. The van der Waals surface area contributed by atoms with Crippen molar-refractivity contribution in [1.29, 1.82) is 0 Å². The molecule has 0 aromatic rings. The van der Waals surface area contributed by atoms with Crippen LogP contribution in [0, 0.1) is 0 Å². The number of rotatable bonds is 9. The highest BCUT2D eigenvalue weighted by Gasteiger charge is 2.11. The Balaban J connectivity index is 3.69. The maximum atomic E-state index is 11.0. The molecule has 0 aromatic carbocycles. The highest BCUT2D eigenvalue weighted by Crippen LogP contribution is 2.04. The summed E-state index contributed by atoms with van der Waals surface area (Å²) in [5.74, 6) is 0.251. The van der Waals surface area contributed by atoms with Gasteiger partial charge in [0.15, 0.2) is 0 Å². The van der Waals surface area contributed by atoms with Gasteiger partial charge in [-0.15, -0.1) is 0 Å². The maximum Gasteiger partial charge on any atom is 0.148 e. The van der Waals surface area contributed by atoms with E-state index in [0.29, 0.717) is 12.6 Å². The lowest BCUT2D eigenvalue weighted by molar-refractivity contribution is 0.255. The van der Waals surface area contributed by atoms with Gasteiger partial charge in [0, 0.05) is 18.8 Å². The summed E-state index contributed by atoms with van der Waals surface area (Å²) < 4.78 is 22.0. The molecule has 98 valence electrons. The molecule has 1 unspecified atom stereocenters. The van der Waals surface area contributed by atoms with Crippen molar-refractivity contribution in [2.24, 2.45) is 0 Å². The molecule has 0 fully saturated rings. The first kappa shape index (κ1) is 15.9. The van der Waals surface area contributed by atoms with E-state index in [-0.39, 0.29) is 5.75 Å². The molecule has 1 atom stereocenters. The van der Waals surface area contributed by atoms with Crippen LogP contribution in [0.3, 0.4) is 0 Å². The van der Waals surface area contributed by atoms with Gasteiger partial charge in [0.2, 0.25) is 0 Å². The highest BCUT2D eigenvalue weighted by molar-refractivity contribution is 7.90. The number of nitrogens with zero attached hydrogens (tertiary/aromatic N) is 1. The summed E-state index contributed by atoms with van der Waals surface area (Å²) in [5.41, 5.74) is 0. The van der Waals surface area contributed by atoms with Gasteiger partial charge in [-0.25, -0.2) is 8.42 Å². The molecule has 0 saturated heterocycles. The first-order valence-corrected chi connectivity index (χ1v) is 8.01. The van der Waals surface area contributed by atoms with Gasteiger partial charge in [0.1, 0.15) is 9.84 Å². The van der Waals surface area contributed by atoms with E-state index in [0.717, 1.165) is 25.9 Å². The van der Waals surface area contributed by atoms with Gasteiger partial charge in [-0.1, -0.05) is 6.92 Å². The van der Waals surface area contributed by atoms with Crippen LogP contribution in [-0.4, -0.2) is 58.1 Å². The van der Waals surface area contributed by atoms with Gasteiger partial charge >= 0.3 is 0 Å². The summed E-state index contributed by atoms with van der Waals surface area (Å²) in [7, 11) is -0.847. The Hall–Kier alpha value is -0.130. The Kier molecular flexibility index (Phi) is 7.97. The summed E-state index contributed by atoms with van der Waals surface area (Å²) in [6.07, 6.45) is 3.53. The Labute approximate surface area is 100 Å². The zero-order chi connectivity index (χ0) is 12.6. The van der Waals surface area contributed by atoms with E-state index in [1.807, 2.05) is 7.05 Å². The van der Waals surface area contributed by atoms with Crippen LogP contribution >= 0.6 is 0 Å². The third kappa shape index (κ3) is 9.12. The van der Waals surface area contributed by atoms with Crippen molar-refractivity contribution < 1.29 is 8.42 Å². The van der Waals surface area contributed by atoms with Crippen LogP contribution in [0.15, 0.2) is 0 Å². The molecule has 0 radical (unpaired) electrons. The molecule has 0 aromatic heterocycles. The van der Waals surface area contributed by atoms with Crippen LogP contribution < -0.4 is 5.32 Å². The molecule has 0 heterocycles. The van der Waals surface area contributed by atoms with E-state index in [1.54, 1.807) is 0 Å². The maximum absolute atomic E-state index is 11.0. The normalized spacial score (nSPS) is 14.3. The Bertz CT molecular complexity index is 265. The average molecular weight is 250 g/mol. The van der Waals surface area contributed by atoms with Crippen LogP contribution in [0.1, 0.15) is 26.7 Å². The van der Waals surface area contributed by atoms with Gasteiger partial charge in [-0.05, 0) is 39.9 Å². The molecule has 16 heavy (non-hydrogen) atoms. The van der Waals surface area contributed by atoms with Crippen LogP contribution in [0.25, 0.3) is 0 Å². The van der Waals surface area contributed by atoms with Crippen molar-refractivity contribution in [2.45, 2.75) is 32.7 Å². The third-order valence-corrected chi connectivity index (χ3v) is 3.72. The summed E-state index contributed by atoms with van der Waals surface area (Å²) >= 11 is 0. The van der Waals surface area contributed by atoms with Crippen molar-refractivity contribution >= 4 is 9.84 Å². The molecule has 5 heteroatoms. The minimum absolute atomic E-state index is 0.251. The summed E-state index contributed by atoms with van der Waals surface area (Å²) in [4.78, 5) is 2.12. The van der Waals surface area contributed by atoms with Gasteiger partial charge < -0.3 is 10.2 Å². The Morgan fingerprint density at radius 2 is 2.00 bits per heavy atom. The second-order valence-corrected chi connectivity index (χ2v) is 6.72. The van der Waals surface area contributed by atoms with E-state index in [4.69, 9.17) is 0 Å². The largest absolute Gasteiger partial charge is 0.317 e. The number of nitrogens with one attached hydrogen (secondary N) is 1. The molecule has 4 nitrogen and oxygen atoms in total. The van der Waals surface area contributed by atoms with E-state index in [2.05, 4.69) is 24.1 Å². The smallest absolute Gasteiger partial charge is 0.148 e. The lowest BCUT2D eigenvalue weighted by Crippen LogP contribution is -2.33. The quantitative estimate of drug-likeness (QED) is 0.613. The molecule has 0 spiro atoms. The average Bonchev–Trinajstić information content (AvgIpc) is 2.19. The number of hydrogen-bond donors (Lipinski definition) is 1. The summed E-state index contributed by atoms with van der Waals surface area (Å²) in [5, 5.41) is 3.28. The van der Waals surface area contributed by atoms with Gasteiger partial charge in [0.25, 0.3) is 0 Å².